The summed E-state index contributed by atoms with van der Waals surface area (Å²) < 4.78 is 0. The maximum Gasteiger partial charge on any atom is 0.0702 e. The smallest absolute Gasteiger partial charge is 0.0702 e. The molecule has 0 aliphatic heterocycles. The molecule has 6 rings (SSSR count). The van der Waals surface area contributed by atoms with Crippen LogP contribution >= 0.6 is 9.24 Å². The van der Waals surface area contributed by atoms with Crippen molar-refractivity contribution >= 4 is 36.2 Å². The zero-order valence-corrected chi connectivity index (χ0v) is 19.2. The van der Waals surface area contributed by atoms with Crippen LogP contribution in [0, 0.1) is 0 Å². The number of hydrogen-bond donors (Lipinski definition) is 0. The SMILES string of the molecule is Pc1ccc(-c2ccc3cc(-c4ccc(-c5cnc6ccccc6c5)cc4)ccc3c2)cc1. The lowest BCUT2D eigenvalue weighted by atomic mass is 9.96. The Bertz CT molecular complexity index is 1600. The van der Waals surface area contributed by atoms with E-state index in [-0.39, 0.29) is 0 Å². The van der Waals surface area contributed by atoms with Crippen molar-refractivity contribution in [2.75, 3.05) is 0 Å². The minimum Gasteiger partial charge on any atom is -0.256 e. The van der Waals surface area contributed by atoms with Crippen LogP contribution in [-0.4, -0.2) is 4.98 Å². The van der Waals surface area contributed by atoms with Crippen LogP contribution in [0.1, 0.15) is 0 Å². The highest BCUT2D eigenvalue weighted by Gasteiger charge is 2.05. The summed E-state index contributed by atoms with van der Waals surface area (Å²) in [6.07, 6.45) is 1.96. The van der Waals surface area contributed by atoms with Crippen LogP contribution in [0.15, 0.2) is 121 Å². The molecule has 156 valence electrons. The van der Waals surface area contributed by atoms with E-state index in [1.54, 1.807) is 0 Å². The van der Waals surface area contributed by atoms with Crippen LogP contribution in [0.2, 0.25) is 0 Å². The fraction of sp³-hybridized carbons (Fsp3) is 0. The molecule has 0 spiro atoms. The Morgan fingerprint density at radius 2 is 0.909 bits per heavy atom. The Labute approximate surface area is 196 Å². The van der Waals surface area contributed by atoms with E-state index in [1.165, 1.54) is 43.9 Å². The van der Waals surface area contributed by atoms with Gasteiger partial charge in [0.25, 0.3) is 0 Å². The van der Waals surface area contributed by atoms with Gasteiger partial charge in [-0.25, -0.2) is 0 Å². The molecule has 2 heteroatoms. The molecule has 0 amide bonds. The highest BCUT2D eigenvalue weighted by molar-refractivity contribution is 7.27. The Morgan fingerprint density at radius 1 is 0.424 bits per heavy atom. The van der Waals surface area contributed by atoms with Crippen molar-refractivity contribution in [2.24, 2.45) is 0 Å². The molecule has 1 atom stereocenters. The van der Waals surface area contributed by atoms with Gasteiger partial charge in [0.1, 0.15) is 0 Å². The van der Waals surface area contributed by atoms with Gasteiger partial charge >= 0.3 is 0 Å². The number of pyridine rings is 1. The first-order valence-corrected chi connectivity index (χ1v) is 11.7. The second kappa shape index (κ2) is 8.28. The van der Waals surface area contributed by atoms with Gasteiger partial charge in [0.2, 0.25) is 0 Å². The number of fused-ring (bicyclic) bond motifs is 2. The zero-order valence-electron chi connectivity index (χ0n) is 18.1. The normalized spacial score (nSPS) is 11.2. The molecule has 0 aliphatic rings. The summed E-state index contributed by atoms with van der Waals surface area (Å²) in [4.78, 5) is 4.60. The van der Waals surface area contributed by atoms with Crippen molar-refractivity contribution in [3.63, 3.8) is 0 Å². The lowest BCUT2D eigenvalue weighted by Crippen LogP contribution is -1.88. The van der Waals surface area contributed by atoms with Gasteiger partial charge in [-0.15, -0.1) is 9.24 Å². The first-order valence-electron chi connectivity index (χ1n) is 11.1. The minimum absolute atomic E-state index is 1.03. The van der Waals surface area contributed by atoms with E-state index in [0.717, 1.165) is 16.5 Å². The van der Waals surface area contributed by atoms with E-state index in [9.17, 15) is 0 Å². The molecule has 0 fully saturated rings. The summed E-state index contributed by atoms with van der Waals surface area (Å²) in [5.41, 5.74) is 8.28. The lowest BCUT2D eigenvalue weighted by Gasteiger charge is -2.09. The summed E-state index contributed by atoms with van der Waals surface area (Å²) in [7, 11) is 2.74. The molecule has 1 nitrogen and oxygen atoms in total. The third kappa shape index (κ3) is 3.93. The average Bonchev–Trinajstić information content (AvgIpc) is 2.88. The van der Waals surface area contributed by atoms with Gasteiger partial charge in [-0.3, -0.25) is 4.98 Å². The molecule has 5 aromatic carbocycles. The van der Waals surface area contributed by atoms with E-state index >= 15 is 0 Å². The summed E-state index contributed by atoms with van der Waals surface area (Å²) in [6.45, 7) is 0. The highest BCUT2D eigenvalue weighted by Crippen LogP contribution is 2.30. The van der Waals surface area contributed by atoms with Crippen LogP contribution in [0.3, 0.4) is 0 Å². The van der Waals surface area contributed by atoms with Crippen LogP contribution in [0.4, 0.5) is 0 Å². The molecule has 6 aromatic rings. The molecule has 1 aromatic heterocycles. The van der Waals surface area contributed by atoms with Crippen LogP contribution in [0.5, 0.6) is 0 Å². The third-order valence-electron chi connectivity index (χ3n) is 6.23. The van der Waals surface area contributed by atoms with Crippen molar-refractivity contribution in [1.82, 2.24) is 4.98 Å². The van der Waals surface area contributed by atoms with Crippen LogP contribution < -0.4 is 5.30 Å². The summed E-state index contributed by atoms with van der Waals surface area (Å²) >= 11 is 0. The second-order valence-electron chi connectivity index (χ2n) is 8.39. The van der Waals surface area contributed by atoms with Crippen molar-refractivity contribution in [1.29, 1.82) is 0 Å². The molecule has 1 heterocycles. The number of hydrogen-bond acceptors (Lipinski definition) is 1. The van der Waals surface area contributed by atoms with Gasteiger partial charge in [0.05, 0.1) is 5.52 Å². The second-order valence-corrected chi connectivity index (χ2v) is 9.06. The topological polar surface area (TPSA) is 12.9 Å². The number of para-hydroxylation sites is 1. The van der Waals surface area contributed by atoms with Gasteiger partial charge < -0.3 is 0 Å². The van der Waals surface area contributed by atoms with Gasteiger partial charge in [0, 0.05) is 17.1 Å². The highest BCUT2D eigenvalue weighted by atomic mass is 31.0. The quantitative estimate of drug-likeness (QED) is 0.256. The summed E-state index contributed by atoms with van der Waals surface area (Å²) in [5.74, 6) is 0. The lowest BCUT2D eigenvalue weighted by molar-refractivity contribution is 1.41. The zero-order chi connectivity index (χ0) is 22.2. The van der Waals surface area contributed by atoms with Crippen molar-refractivity contribution in [3.05, 3.63) is 121 Å². The Balaban J connectivity index is 1.30. The molecule has 33 heavy (non-hydrogen) atoms. The van der Waals surface area contributed by atoms with Crippen molar-refractivity contribution < 1.29 is 0 Å². The Kier molecular flexibility index (Phi) is 4.98. The molecule has 0 radical (unpaired) electrons. The van der Waals surface area contributed by atoms with Crippen LogP contribution in [0.25, 0.3) is 55.1 Å². The number of rotatable bonds is 3. The van der Waals surface area contributed by atoms with E-state index in [2.05, 4.69) is 117 Å². The van der Waals surface area contributed by atoms with Crippen LogP contribution in [-0.2, 0) is 0 Å². The maximum atomic E-state index is 4.60. The average molecular weight is 439 g/mol. The monoisotopic (exact) mass is 439 g/mol. The molecule has 0 saturated carbocycles. The largest absolute Gasteiger partial charge is 0.256 e. The van der Waals surface area contributed by atoms with E-state index in [1.807, 2.05) is 18.3 Å². The van der Waals surface area contributed by atoms with Gasteiger partial charge in [-0.1, -0.05) is 91.0 Å². The standard InChI is InChI=1S/C31H22NP/c33-30-15-13-22(14-16-30)25-10-12-26-17-24(9-11-27(26)18-25)21-5-7-23(8-6-21)29-19-28-3-1-2-4-31(28)32-20-29/h1-20H,33H2. The Morgan fingerprint density at radius 3 is 1.55 bits per heavy atom. The van der Waals surface area contributed by atoms with E-state index in [4.69, 9.17) is 0 Å². The predicted molar refractivity (Wildman–Crippen MR) is 145 cm³/mol. The molecular weight excluding hydrogens is 417 g/mol. The number of nitrogens with zero attached hydrogens (tertiary/aromatic N) is 1. The molecular formula is C31H22NP. The third-order valence-corrected chi connectivity index (χ3v) is 6.61. The fourth-order valence-corrected chi connectivity index (χ4v) is 4.56. The number of benzene rings is 5. The summed E-state index contributed by atoms with van der Waals surface area (Å²) in [5, 5.41) is 4.87. The fourth-order valence-electron chi connectivity index (χ4n) is 4.36. The maximum absolute atomic E-state index is 4.60. The van der Waals surface area contributed by atoms with Crippen molar-refractivity contribution in [3.8, 4) is 33.4 Å². The first kappa shape index (κ1) is 19.9. The van der Waals surface area contributed by atoms with Gasteiger partial charge in [-0.2, -0.15) is 0 Å². The van der Waals surface area contributed by atoms with Gasteiger partial charge in [0.15, 0.2) is 0 Å². The van der Waals surface area contributed by atoms with E-state index < -0.39 is 0 Å². The summed E-state index contributed by atoms with van der Waals surface area (Å²) in [6, 6.07) is 41.2. The molecule has 1 unspecified atom stereocenters. The molecule has 0 bridgehead atoms. The molecule has 0 N–H and O–H groups in total. The molecule has 0 saturated heterocycles. The van der Waals surface area contributed by atoms with E-state index in [0.29, 0.717) is 0 Å². The minimum atomic E-state index is 1.03. The van der Waals surface area contributed by atoms with Gasteiger partial charge in [-0.05, 0) is 68.2 Å². The first-order chi connectivity index (χ1) is 16.2. The predicted octanol–water partition coefficient (Wildman–Crippen LogP) is 7.89. The molecule has 0 aliphatic carbocycles. The Hall–Kier alpha value is -3.80. The number of aromatic nitrogens is 1. The van der Waals surface area contributed by atoms with Crippen molar-refractivity contribution in [2.45, 2.75) is 0 Å².